The maximum atomic E-state index is 12.8. The zero-order valence-corrected chi connectivity index (χ0v) is 15.7. The lowest BCUT2D eigenvalue weighted by Crippen LogP contribution is -2.43. The normalized spacial score (nSPS) is 16.9. The number of carbonyl (C=O) groups excluding carboxylic acids is 2. The molecule has 0 saturated carbocycles. The van der Waals surface area contributed by atoms with Crippen LogP contribution in [0.25, 0.3) is 6.08 Å². The second-order valence-corrected chi connectivity index (χ2v) is 6.58. The van der Waals surface area contributed by atoms with Crippen LogP contribution in [0.3, 0.4) is 0 Å². The minimum atomic E-state index is -0.855. The van der Waals surface area contributed by atoms with Crippen molar-refractivity contribution >= 4 is 23.6 Å². The van der Waals surface area contributed by atoms with Crippen LogP contribution in [0.15, 0.2) is 54.6 Å². The fourth-order valence-electron chi connectivity index (χ4n) is 3.24. The van der Waals surface area contributed by atoms with E-state index in [4.69, 9.17) is 9.47 Å². The van der Waals surface area contributed by atoms with Gasteiger partial charge in [0.1, 0.15) is 5.75 Å². The predicted molar refractivity (Wildman–Crippen MR) is 105 cm³/mol. The number of rotatable bonds is 5. The zero-order chi connectivity index (χ0) is 19.4. The number of benzene rings is 2. The van der Waals surface area contributed by atoms with Crippen LogP contribution in [0, 0.1) is 0 Å². The maximum absolute atomic E-state index is 12.8. The lowest BCUT2D eigenvalue weighted by Gasteiger charge is -2.25. The first-order chi connectivity index (χ1) is 13.0. The highest BCUT2D eigenvalue weighted by atomic mass is 16.5. The number of hydrogen-bond acceptors (Lipinski definition) is 4. The van der Waals surface area contributed by atoms with E-state index in [1.165, 1.54) is 6.08 Å². The van der Waals surface area contributed by atoms with Gasteiger partial charge in [-0.25, -0.2) is 4.79 Å². The van der Waals surface area contributed by atoms with Crippen molar-refractivity contribution in [2.45, 2.75) is 32.4 Å². The van der Waals surface area contributed by atoms with Gasteiger partial charge in [0.2, 0.25) is 0 Å². The van der Waals surface area contributed by atoms with Crippen LogP contribution in [0.1, 0.15) is 25.0 Å². The number of nitrogens with zero attached hydrogens (tertiary/aromatic N) is 1. The number of anilines is 1. The Balaban J connectivity index is 1.62. The van der Waals surface area contributed by atoms with Crippen molar-refractivity contribution in [1.82, 2.24) is 0 Å². The number of amides is 1. The summed E-state index contributed by atoms with van der Waals surface area (Å²) in [5.41, 5.74) is 2.87. The van der Waals surface area contributed by atoms with Crippen LogP contribution in [0.2, 0.25) is 0 Å². The van der Waals surface area contributed by atoms with Crippen molar-refractivity contribution in [3.63, 3.8) is 0 Å². The average molecular weight is 365 g/mol. The highest BCUT2D eigenvalue weighted by Gasteiger charge is 2.34. The second kappa shape index (κ2) is 8.08. The van der Waals surface area contributed by atoms with E-state index in [2.05, 4.69) is 0 Å². The fraction of sp³-hybridized carbons (Fsp3) is 0.273. The molecule has 0 fully saturated rings. The third-order valence-corrected chi connectivity index (χ3v) is 4.61. The van der Waals surface area contributed by atoms with Gasteiger partial charge in [-0.1, -0.05) is 30.3 Å². The van der Waals surface area contributed by atoms with Gasteiger partial charge in [-0.2, -0.15) is 0 Å². The Labute approximate surface area is 159 Å². The molecule has 0 radical (unpaired) electrons. The molecule has 2 atom stereocenters. The van der Waals surface area contributed by atoms with Gasteiger partial charge >= 0.3 is 5.97 Å². The SMILES string of the molecule is COc1ccc(/C=C/C(=O)O[C@H](C)C(=O)N2c3ccccc3C[C@H]2C)cc1. The molecular formula is C22H23NO4. The molecule has 0 N–H and O–H groups in total. The van der Waals surface area contributed by atoms with Crippen molar-refractivity contribution in [2.75, 3.05) is 12.0 Å². The van der Waals surface area contributed by atoms with Crippen LogP contribution < -0.4 is 9.64 Å². The van der Waals surface area contributed by atoms with Gasteiger partial charge in [-0.15, -0.1) is 0 Å². The molecule has 2 aromatic rings. The quantitative estimate of drug-likeness (QED) is 0.600. The zero-order valence-electron chi connectivity index (χ0n) is 15.7. The number of para-hydroxylation sites is 1. The summed E-state index contributed by atoms with van der Waals surface area (Å²) < 4.78 is 10.4. The first-order valence-electron chi connectivity index (χ1n) is 8.93. The average Bonchev–Trinajstić information content (AvgIpc) is 3.01. The van der Waals surface area contributed by atoms with Gasteiger partial charge in [0, 0.05) is 17.8 Å². The van der Waals surface area contributed by atoms with Crippen molar-refractivity contribution in [3.05, 3.63) is 65.7 Å². The third-order valence-electron chi connectivity index (χ3n) is 4.61. The van der Waals surface area contributed by atoms with E-state index in [1.54, 1.807) is 25.0 Å². The number of ether oxygens (including phenoxy) is 2. The molecule has 1 amide bonds. The number of fused-ring (bicyclic) bond motifs is 1. The highest BCUT2D eigenvalue weighted by Crippen LogP contribution is 2.32. The highest BCUT2D eigenvalue weighted by molar-refractivity contribution is 6.00. The van der Waals surface area contributed by atoms with Gasteiger partial charge in [-0.05, 0) is 55.7 Å². The van der Waals surface area contributed by atoms with E-state index >= 15 is 0 Å². The Morgan fingerprint density at radius 1 is 1.15 bits per heavy atom. The molecule has 1 aliphatic heterocycles. The summed E-state index contributed by atoms with van der Waals surface area (Å²) in [5, 5.41) is 0. The topological polar surface area (TPSA) is 55.8 Å². The largest absolute Gasteiger partial charge is 0.497 e. The molecule has 1 heterocycles. The first-order valence-corrected chi connectivity index (χ1v) is 8.93. The Bertz CT molecular complexity index is 857. The minimum Gasteiger partial charge on any atom is -0.497 e. The standard InChI is InChI=1S/C22H23NO4/c1-15-14-18-6-4-5-7-20(18)23(15)22(25)16(2)27-21(24)13-10-17-8-11-19(26-3)12-9-17/h4-13,15-16H,14H2,1-3H3/b13-10+/t15-,16-/m1/s1. The molecule has 1 aliphatic rings. The molecule has 27 heavy (non-hydrogen) atoms. The molecule has 5 heteroatoms. The van der Waals surface area contributed by atoms with Gasteiger partial charge in [-0.3, -0.25) is 4.79 Å². The minimum absolute atomic E-state index is 0.0471. The van der Waals surface area contributed by atoms with Crippen LogP contribution in [0.5, 0.6) is 5.75 Å². The van der Waals surface area contributed by atoms with Crippen LogP contribution >= 0.6 is 0 Å². The molecule has 5 nitrogen and oxygen atoms in total. The van der Waals surface area contributed by atoms with E-state index in [0.29, 0.717) is 0 Å². The number of carbonyl (C=O) groups is 2. The monoisotopic (exact) mass is 365 g/mol. The Morgan fingerprint density at radius 2 is 1.85 bits per heavy atom. The van der Waals surface area contributed by atoms with E-state index in [-0.39, 0.29) is 11.9 Å². The molecule has 3 rings (SSSR count). The predicted octanol–water partition coefficient (Wildman–Crippen LogP) is 3.62. The van der Waals surface area contributed by atoms with Crippen molar-refractivity contribution in [3.8, 4) is 5.75 Å². The summed E-state index contributed by atoms with van der Waals surface area (Å²) in [7, 11) is 1.60. The van der Waals surface area contributed by atoms with E-state index < -0.39 is 12.1 Å². The van der Waals surface area contributed by atoms with Crippen LogP contribution in [0.4, 0.5) is 5.69 Å². The van der Waals surface area contributed by atoms with Gasteiger partial charge in [0.25, 0.3) is 5.91 Å². The molecule has 0 spiro atoms. The lowest BCUT2D eigenvalue weighted by atomic mass is 10.1. The number of hydrogen-bond donors (Lipinski definition) is 0. The summed E-state index contributed by atoms with van der Waals surface area (Å²) in [4.78, 5) is 26.6. The summed E-state index contributed by atoms with van der Waals surface area (Å²) in [6.07, 6.45) is 2.92. The Morgan fingerprint density at radius 3 is 2.56 bits per heavy atom. The van der Waals surface area contributed by atoms with Gasteiger partial charge in [0.05, 0.1) is 7.11 Å². The van der Waals surface area contributed by atoms with E-state index in [0.717, 1.165) is 29.0 Å². The van der Waals surface area contributed by atoms with E-state index in [9.17, 15) is 9.59 Å². The molecule has 0 bridgehead atoms. The Hall–Kier alpha value is -3.08. The molecule has 0 aliphatic carbocycles. The summed E-state index contributed by atoms with van der Waals surface area (Å²) in [5.74, 6) is -0.0144. The van der Waals surface area contributed by atoms with Crippen LogP contribution in [-0.4, -0.2) is 31.1 Å². The lowest BCUT2D eigenvalue weighted by molar-refractivity contribution is -0.149. The van der Waals surface area contributed by atoms with Crippen LogP contribution in [-0.2, 0) is 20.7 Å². The molecule has 0 saturated heterocycles. The number of esters is 1. The molecular weight excluding hydrogens is 342 g/mol. The van der Waals surface area contributed by atoms with Gasteiger partial charge in [0.15, 0.2) is 6.10 Å². The fourth-order valence-corrected chi connectivity index (χ4v) is 3.24. The summed E-state index contributed by atoms with van der Waals surface area (Å²) in [6, 6.07) is 15.2. The van der Waals surface area contributed by atoms with Crippen molar-refractivity contribution < 1.29 is 19.1 Å². The summed E-state index contributed by atoms with van der Waals surface area (Å²) >= 11 is 0. The van der Waals surface area contributed by atoms with Crippen molar-refractivity contribution in [2.24, 2.45) is 0 Å². The Kier molecular flexibility index (Phi) is 5.60. The number of methoxy groups -OCH3 is 1. The second-order valence-electron chi connectivity index (χ2n) is 6.58. The van der Waals surface area contributed by atoms with E-state index in [1.807, 2.05) is 55.5 Å². The smallest absolute Gasteiger partial charge is 0.331 e. The molecule has 2 aromatic carbocycles. The first kappa shape index (κ1) is 18.7. The van der Waals surface area contributed by atoms with Gasteiger partial charge < -0.3 is 14.4 Å². The molecule has 0 unspecified atom stereocenters. The third kappa shape index (κ3) is 4.19. The molecule has 0 aromatic heterocycles. The summed E-state index contributed by atoms with van der Waals surface area (Å²) in [6.45, 7) is 3.60. The van der Waals surface area contributed by atoms with Crippen molar-refractivity contribution in [1.29, 1.82) is 0 Å². The molecule has 140 valence electrons. The maximum Gasteiger partial charge on any atom is 0.331 e.